The van der Waals surface area contributed by atoms with Gasteiger partial charge in [-0.1, -0.05) is 0 Å². The van der Waals surface area contributed by atoms with Crippen LogP contribution in [0.25, 0.3) is 0 Å². The molecule has 3 rings (SSSR count). The third-order valence-electron chi connectivity index (χ3n) is 3.49. The second-order valence-electron chi connectivity index (χ2n) is 4.98. The summed E-state index contributed by atoms with van der Waals surface area (Å²) in [5, 5.41) is 3.40. The molecule has 3 N–H and O–H groups in total. The zero-order valence-corrected chi connectivity index (χ0v) is 10.0. The number of nitrogens with two attached hydrogens (primary N) is 1. The minimum absolute atomic E-state index is 0.398. The molecule has 0 radical (unpaired) electrons. The summed E-state index contributed by atoms with van der Waals surface area (Å²) in [7, 11) is 1.76. The molecule has 0 spiro atoms. The Bertz CT molecular complexity index is 413. The van der Waals surface area contributed by atoms with Gasteiger partial charge in [0, 0.05) is 25.1 Å². The van der Waals surface area contributed by atoms with E-state index in [-0.39, 0.29) is 0 Å². The van der Waals surface area contributed by atoms with Crippen LogP contribution in [0.5, 0.6) is 0 Å². The largest absolute Gasteiger partial charge is 0.384 e. The number of hydrogen-bond acceptors (Lipinski definition) is 5. The van der Waals surface area contributed by atoms with E-state index in [0.717, 1.165) is 24.5 Å². The molecule has 0 amide bonds. The van der Waals surface area contributed by atoms with Gasteiger partial charge >= 0.3 is 0 Å². The van der Waals surface area contributed by atoms with E-state index in [1.165, 1.54) is 12.8 Å². The van der Waals surface area contributed by atoms with E-state index in [1.807, 2.05) is 6.07 Å². The highest BCUT2D eigenvalue weighted by atomic mass is 16.5. The fourth-order valence-corrected chi connectivity index (χ4v) is 2.17. The molecule has 0 aromatic carbocycles. The van der Waals surface area contributed by atoms with Crippen LogP contribution < -0.4 is 11.1 Å². The average molecular weight is 234 g/mol. The predicted molar refractivity (Wildman–Crippen MR) is 65.9 cm³/mol. The van der Waals surface area contributed by atoms with Crippen LogP contribution in [0.15, 0.2) is 6.07 Å². The Hall–Kier alpha value is -1.36. The molecular weight excluding hydrogens is 216 g/mol. The third-order valence-corrected chi connectivity index (χ3v) is 3.49. The Kier molecular flexibility index (Phi) is 2.63. The number of ether oxygens (including phenoxy) is 1. The minimum atomic E-state index is 0.398. The van der Waals surface area contributed by atoms with Gasteiger partial charge in [-0.25, -0.2) is 9.97 Å². The lowest BCUT2D eigenvalue weighted by Crippen LogP contribution is -2.40. The van der Waals surface area contributed by atoms with Crippen LogP contribution in [-0.4, -0.2) is 29.2 Å². The second kappa shape index (κ2) is 4.14. The van der Waals surface area contributed by atoms with E-state index in [1.54, 1.807) is 7.11 Å². The molecule has 5 heteroatoms. The van der Waals surface area contributed by atoms with Crippen molar-refractivity contribution in [2.45, 2.75) is 43.7 Å². The maximum Gasteiger partial charge on any atom is 0.136 e. The molecular formula is C12H18N4O. The summed E-state index contributed by atoms with van der Waals surface area (Å²) < 4.78 is 5.25. The lowest BCUT2D eigenvalue weighted by molar-refractivity contribution is 0.0328. The van der Waals surface area contributed by atoms with E-state index in [9.17, 15) is 0 Å². The van der Waals surface area contributed by atoms with E-state index < -0.39 is 0 Å². The zero-order chi connectivity index (χ0) is 11.8. The first-order chi connectivity index (χ1) is 8.24. The number of methoxy groups -OCH3 is 1. The molecule has 1 aromatic rings. The number of anilines is 2. The Morgan fingerprint density at radius 2 is 2.12 bits per heavy atom. The molecule has 92 valence electrons. The van der Waals surface area contributed by atoms with Gasteiger partial charge < -0.3 is 15.8 Å². The molecule has 5 nitrogen and oxygen atoms in total. The molecule has 0 atom stereocenters. The van der Waals surface area contributed by atoms with Crippen LogP contribution in [0.4, 0.5) is 11.6 Å². The van der Waals surface area contributed by atoms with Gasteiger partial charge in [0.1, 0.15) is 17.5 Å². The summed E-state index contributed by atoms with van der Waals surface area (Å²) in [6.45, 7) is 0. The first kappa shape index (κ1) is 10.8. The predicted octanol–water partition coefficient (Wildman–Crippen LogP) is 1.53. The standard InChI is InChI=1S/C12H18N4O/c1-17-9-4-8(5-9)14-11-6-10(13)15-12(16-11)7-2-3-7/h6-9H,2-5H2,1H3,(H3,13,14,15,16). The lowest BCUT2D eigenvalue weighted by Gasteiger charge is -2.34. The van der Waals surface area contributed by atoms with Crippen molar-refractivity contribution in [3.8, 4) is 0 Å². The van der Waals surface area contributed by atoms with E-state index in [2.05, 4.69) is 15.3 Å². The maximum absolute atomic E-state index is 5.80. The van der Waals surface area contributed by atoms with Crippen molar-refractivity contribution >= 4 is 11.6 Å². The van der Waals surface area contributed by atoms with Crippen LogP contribution in [0.1, 0.15) is 37.4 Å². The minimum Gasteiger partial charge on any atom is -0.384 e. The number of hydrogen-bond donors (Lipinski definition) is 2. The quantitative estimate of drug-likeness (QED) is 0.826. The maximum atomic E-state index is 5.80. The summed E-state index contributed by atoms with van der Waals surface area (Å²) in [4.78, 5) is 8.81. The number of nitrogen functional groups attached to an aromatic ring is 1. The zero-order valence-electron chi connectivity index (χ0n) is 10.0. The summed E-state index contributed by atoms with van der Waals surface area (Å²) in [6, 6.07) is 2.27. The molecule has 0 bridgehead atoms. The Labute approximate surface area is 101 Å². The Balaban J connectivity index is 1.66. The van der Waals surface area contributed by atoms with E-state index >= 15 is 0 Å². The molecule has 17 heavy (non-hydrogen) atoms. The van der Waals surface area contributed by atoms with Gasteiger partial charge in [-0.2, -0.15) is 0 Å². The number of aromatic nitrogens is 2. The van der Waals surface area contributed by atoms with Crippen LogP contribution in [0, 0.1) is 0 Å². The van der Waals surface area contributed by atoms with Gasteiger partial charge in [-0.05, 0) is 25.7 Å². The third kappa shape index (κ3) is 2.34. The van der Waals surface area contributed by atoms with Crippen LogP contribution in [-0.2, 0) is 4.74 Å². The lowest BCUT2D eigenvalue weighted by atomic mass is 9.89. The van der Waals surface area contributed by atoms with Crippen molar-refractivity contribution < 1.29 is 4.74 Å². The van der Waals surface area contributed by atoms with Crippen molar-refractivity contribution in [1.29, 1.82) is 0 Å². The van der Waals surface area contributed by atoms with Gasteiger partial charge in [0.15, 0.2) is 0 Å². The van der Waals surface area contributed by atoms with Crippen LogP contribution in [0.3, 0.4) is 0 Å². The fraction of sp³-hybridized carbons (Fsp3) is 0.667. The summed E-state index contributed by atoms with van der Waals surface area (Å²) >= 11 is 0. The summed E-state index contributed by atoms with van der Waals surface area (Å²) in [5.41, 5.74) is 5.80. The topological polar surface area (TPSA) is 73.1 Å². The van der Waals surface area contributed by atoms with Crippen molar-refractivity contribution in [2.75, 3.05) is 18.2 Å². The molecule has 2 fully saturated rings. The average Bonchev–Trinajstić information content (AvgIpc) is 3.05. The Morgan fingerprint density at radius 3 is 2.76 bits per heavy atom. The highest BCUT2D eigenvalue weighted by Crippen LogP contribution is 2.38. The first-order valence-electron chi connectivity index (χ1n) is 6.18. The van der Waals surface area contributed by atoms with Gasteiger partial charge in [-0.3, -0.25) is 0 Å². The first-order valence-corrected chi connectivity index (χ1v) is 6.18. The monoisotopic (exact) mass is 234 g/mol. The highest BCUT2D eigenvalue weighted by molar-refractivity contribution is 5.46. The molecule has 0 unspecified atom stereocenters. The molecule has 2 aliphatic rings. The van der Waals surface area contributed by atoms with Crippen LogP contribution >= 0.6 is 0 Å². The molecule has 0 aliphatic heterocycles. The van der Waals surface area contributed by atoms with Crippen molar-refractivity contribution in [1.82, 2.24) is 9.97 Å². The fourth-order valence-electron chi connectivity index (χ4n) is 2.17. The van der Waals surface area contributed by atoms with Crippen molar-refractivity contribution in [3.05, 3.63) is 11.9 Å². The molecule has 2 saturated carbocycles. The smallest absolute Gasteiger partial charge is 0.136 e. The number of rotatable bonds is 4. The van der Waals surface area contributed by atoms with Gasteiger partial charge in [0.25, 0.3) is 0 Å². The molecule has 1 aromatic heterocycles. The second-order valence-corrected chi connectivity index (χ2v) is 4.98. The van der Waals surface area contributed by atoms with E-state index in [0.29, 0.717) is 23.9 Å². The highest BCUT2D eigenvalue weighted by Gasteiger charge is 2.30. The Morgan fingerprint density at radius 1 is 1.35 bits per heavy atom. The molecule has 1 heterocycles. The molecule has 0 saturated heterocycles. The van der Waals surface area contributed by atoms with Gasteiger partial charge in [0.2, 0.25) is 0 Å². The number of nitrogens with one attached hydrogen (secondary N) is 1. The number of nitrogens with zero attached hydrogens (tertiary/aromatic N) is 2. The summed E-state index contributed by atoms with van der Waals surface area (Å²) in [6.07, 6.45) is 4.86. The summed E-state index contributed by atoms with van der Waals surface area (Å²) in [5.74, 6) is 2.85. The normalized spacial score (nSPS) is 27.6. The van der Waals surface area contributed by atoms with E-state index in [4.69, 9.17) is 10.5 Å². The van der Waals surface area contributed by atoms with Gasteiger partial charge in [0.05, 0.1) is 6.10 Å². The SMILES string of the molecule is COC1CC(Nc2cc(N)nc(C3CC3)n2)C1. The van der Waals surface area contributed by atoms with Crippen LogP contribution in [0.2, 0.25) is 0 Å². The van der Waals surface area contributed by atoms with Crippen molar-refractivity contribution in [3.63, 3.8) is 0 Å². The molecule has 2 aliphatic carbocycles. The van der Waals surface area contributed by atoms with Crippen molar-refractivity contribution in [2.24, 2.45) is 0 Å². The van der Waals surface area contributed by atoms with Gasteiger partial charge in [-0.15, -0.1) is 0 Å².